The van der Waals surface area contributed by atoms with E-state index < -0.39 is 5.54 Å². The Hall–Kier alpha value is -2.40. The van der Waals surface area contributed by atoms with Crippen LogP contribution in [0.15, 0.2) is 54.6 Å². The van der Waals surface area contributed by atoms with Crippen LogP contribution in [0.1, 0.15) is 26.1 Å². The number of tetrazole rings is 1. The maximum Gasteiger partial charge on any atom is 0.181 e. The highest BCUT2D eigenvalue weighted by Gasteiger charge is 2.31. The number of halogens is 1. The highest BCUT2D eigenvalue weighted by Crippen LogP contribution is 2.29. The molecule has 118 valence electrons. The monoisotopic (exact) mass is 327 g/mol. The molecule has 0 amide bonds. The predicted molar refractivity (Wildman–Crippen MR) is 91.9 cm³/mol. The van der Waals surface area contributed by atoms with Gasteiger partial charge in [-0.2, -0.15) is 4.68 Å². The van der Waals surface area contributed by atoms with Crippen molar-refractivity contribution in [1.82, 2.24) is 20.2 Å². The second kappa shape index (κ2) is 6.38. The van der Waals surface area contributed by atoms with E-state index in [0.717, 1.165) is 23.6 Å². The number of hydrogen-bond acceptors (Lipinski definition) is 4. The number of benzene rings is 2. The molecule has 1 aromatic heterocycles. The van der Waals surface area contributed by atoms with E-state index in [1.165, 1.54) is 0 Å². The predicted octanol–water partition coefficient (Wildman–Crippen LogP) is 4.05. The second-order valence-electron chi connectivity index (χ2n) is 5.57. The molecule has 0 radical (unpaired) electrons. The van der Waals surface area contributed by atoms with Gasteiger partial charge in [-0.1, -0.05) is 36.7 Å². The van der Waals surface area contributed by atoms with Crippen LogP contribution in [0.4, 0.5) is 5.69 Å². The maximum absolute atomic E-state index is 5.96. The van der Waals surface area contributed by atoms with Crippen LogP contribution in [-0.2, 0) is 5.54 Å². The van der Waals surface area contributed by atoms with Gasteiger partial charge in [0, 0.05) is 10.7 Å². The number of aromatic nitrogens is 4. The molecular formula is C17H18ClN5. The molecule has 0 bridgehead atoms. The van der Waals surface area contributed by atoms with Gasteiger partial charge in [-0.05, 0) is 60.2 Å². The molecule has 3 rings (SSSR count). The van der Waals surface area contributed by atoms with E-state index in [-0.39, 0.29) is 0 Å². The number of nitrogens with zero attached hydrogens (tertiary/aromatic N) is 4. The van der Waals surface area contributed by atoms with Crippen molar-refractivity contribution in [2.24, 2.45) is 0 Å². The van der Waals surface area contributed by atoms with E-state index in [9.17, 15) is 0 Å². The first-order valence-electron chi connectivity index (χ1n) is 7.50. The third kappa shape index (κ3) is 3.19. The summed E-state index contributed by atoms with van der Waals surface area (Å²) in [7, 11) is 0. The fraction of sp³-hybridized carbons (Fsp3) is 0.235. The van der Waals surface area contributed by atoms with Gasteiger partial charge in [-0.15, -0.1) is 5.10 Å². The van der Waals surface area contributed by atoms with Gasteiger partial charge in [0.2, 0.25) is 0 Å². The largest absolute Gasteiger partial charge is 0.373 e. The molecule has 1 atom stereocenters. The van der Waals surface area contributed by atoms with Gasteiger partial charge >= 0.3 is 0 Å². The lowest BCUT2D eigenvalue weighted by Gasteiger charge is -2.29. The molecule has 0 saturated carbocycles. The Morgan fingerprint density at radius 3 is 2.43 bits per heavy atom. The zero-order valence-corrected chi connectivity index (χ0v) is 13.8. The van der Waals surface area contributed by atoms with E-state index in [0.29, 0.717) is 5.02 Å². The van der Waals surface area contributed by atoms with Crippen molar-refractivity contribution < 1.29 is 0 Å². The minimum atomic E-state index is -0.398. The fourth-order valence-corrected chi connectivity index (χ4v) is 2.56. The average Bonchev–Trinajstić information content (AvgIpc) is 3.07. The lowest BCUT2D eigenvalue weighted by Crippen LogP contribution is -2.34. The smallest absolute Gasteiger partial charge is 0.181 e. The molecule has 0 aliphatic carbocycles. The molecule has 2 aromatic carbocycles. The highest BCUT2D eigenvalue weighted by atomic mass is 35.5. The standard InChI is InChI=1S/C17H18ClN5/c1-3-17(2,19-14-7-5-4-6-8-14)16-20-21-22-23(16)15-11-9-13(18)10-12-15/h4-12,19H,3H2,1-2H3. The van der Waals surface area contributed by atoms with Crippen molar-refractivity contribution >= 4 is 17.3 Å². The van der Waals surface area contributed by atoms with E-state index in [1.54, 1.807) is 4.68 Å². The van der Waals surface area contributed by atoms with Gasteiger partial charge in [0.25, 0.3) is 0 Å². The van der Waals surface area contributed by atoms with Crippen LogP contribution >= 0.6 is 11.6 Å². The molecular weight excluding hydrogens is 310 g/mol. The van der Waals surface area contributed by atoms with Gasteiger partial charge in [-0.3, -0.25) is 0 Å². The van der Waals surface area contributed by atoms with E-state index in [1.807, 2.05) is 54.6 Å². The number of anilines is 1. The molecule has 0 aliphatic heterocycles. The van der Waals surface area contributed by atoms with Crippen LogP contribution in [0.25, 0.3) is 5.69 Å². The summed E-state index contributed by atoms with van der Waals surface area (Å²) >= 11 is 5.96. The van der Waals surface area contributed by atoms with Crippen molar-refractivity contribution in [3.8, 4) is 5.69 Å². The average molecular weight is 328 g/mol. The summed E-state index contributed by atoms with van der Waals surface area (Å²) in [5, 5.41) is 16.5. The summed E-state index contributed by atoms with van der Waals surface area (Å²) in [6.07, 6.45) is 0.829. The van der Waals surface area contributed by atoms with Crippen molar-refractivity contribution in [1.29, 1.82) is 0 Å². The van der Waals surface area contributed by atoms with E-state index in [4.69, 9.17) is 11.6 Å². The first-order chi connectivity index (χ1) is 11.1. The Kier molecular flexibility index (Phi) is 4.30. The summed E-state index contributed by atoms with van der Waals surface area (Å²) in [6, 6.07) is 17.5. The highest BCUT2D eigenvalue weighted by molar-refractivity contribution is 6.30. The van der Waals surface area contributed by atoms with E-state index >= 15 is 0 Å². The van der Waals surface area contributed by atoms with Gasteiger partial charge in [0.15, 0.2) is 5.82 Å². The van der Waals surface area contributed by atoms with Gasteiger partial charge in [0.05, 0.1) is 11.2 Å². The molecule has 1 unspecified atom stereocenters. The van der Waals surface area contributed by atoms with Crippen LogP contribution in [-0.4, -0.2) is 20.2 Å². The van der Waals surface area contributed by atoms with E-state index in [2.05, 4.69) is 34.7 Å². The number of hydrogen-bond donors (Lipinski definition) is 1. The zero-order chi connectivity index (χ0) is 16.3. The van der Waals surface area contributed by atoms with Crippen LogP contribution in [0.3, 0.4) is 0 Å². The Balaban J connectivity index is 1.99. The van der Waals surface area contributed by atoms with Crippen molar-refractivity contribution in [2.75, 3.05) is 5.32 Å². The molecule has 1 heterocycles. The Morgan fingerprint density at radius 2 is 1.78 bits per heavy atom. The third-order valence-corrected chi connectivity index (χ3v) is 4.19. The van der Waals surface area contributed by atoms with Crippen LogP contribution in [0.5, 0.6) is 0 Å². The number of para-hydroxylation sites is 1. The molecule has 23 heavy (non-hydrogen) atoms. The summed E-state index contributed by atoms with van der Waals surface area (Å²) in [4.78, 5) is 0. The van der Waals surface area contributed by atoms with Gasteiger partial charge in [0.1, 0.15) is 0 Å². The fourth-order valence-electron chi connectivity index (χ4n) is 2.43. The summed E-state index contributed by atoms with van der Waals surface area (Å²) in [5.74, 6) is 0.756. The lowest BCUT2D eigenvalue weighted by atomic mass is 9.97. The maximum atomic E-state index is 5.96. The summed E-state index contributed by atoms with van der Waals surface area (Å²) in [6.45, 7) is 4.20. The second-order valence-corrected chi connectivity index (χ2v) is 6.00. The molecule has 3 aromatic rings. The number of rotatable bonds is 5. The SMILES string of the molecule is CCC(C)(Nc1ccccc1)c1nnnn1-c1ccc(Cl)cc1. The molecule has 0 aliphatic rings. The summed E-state index contributed by atoms with van der Waals surface area (Å²) < 4.78 is 1.75. The first kappa shape index (κ1) is 15.5. The summed E-state index contributed by atoms with van der Waals surface area (Å²) in [5.41, 5.74) is 1.51. The molecule has 0 spiro atoms. The zero-order valence-electron chi connectivity index (χ0n) is 13.1. The van der Waals surface area contributed by atoms with Crippen molar-refractivity contribution in [3.63, 3.8) is 0 Å². The first-order valence-corrected chi connectivity index (χ1v) is 7.88. The minimum absolute atomic E-state index is 0.398. The Labute approximate surface area is 140 Å². The normalized spacial score (nSPS) is 13.5. The molecule has 6 heteroatoms. The quantitative estimate of drug-likeness (QED) is 0.768. The molecule has 1 N–H and O–H groups in total. The van der Waals surface area contributed by atoms with Crippen LogP contribution in [0.2, 0.25) is 5.02 Å². The van der Waals surface area contributed by atoms with Crippen LogP contribution in [0, 0.1) is 0 Å². The van der Waals surface area contributed by atoms with Gasteiger partial charge < -0.3 is 5.32 Å². The van der Waals surface area contributed by atoms with Gasteiger partial charge in [-0.25, -0.2) is 0 Å². The Bertz CT molecular complexity index is 769. The molecule has 0 fully saturated rings. The lowest BCUT2D eigenvalue weighted by molar-refractivity contribution is 0.474. The van der Waals surface area contributed by atoms with Crippen LogP contribution < -0.4 is 5.32 Å². The topological polar surface area (TPSA) is 55.6 Å². The van der Waals surface area contributed by atoms with Crippen molar-refractivity contribution in [2.45, 2.75) is 25.8 Å². The number of nitrogens with one attached hydrogen (secondary N) is 1. The van der Waals surface area contributed by atoms with Crippen molar-refractivity contribution in [3.05, 3.63) is 65.4 Å². The molecule has 0 saturated heterocycles. The Morgan fingerprint density at radius 1 is 1.09 bits per heavy atom. The molecule has 5 nitrogen and oxygen atoms in total. The minimum Gasteiger partial charge on any atom is -0.373 e. The third-order valence-electron chi connectivity index (χ3n) is 3.94.